The second kappa shape index (κ2) is 6.64. The number of aromatic nitrogens is 2. The van der Waals surface area contributed by atoms with Gasteiger partial charge in [0, 0.05) is 30.7 Å². The maximum atomic E-state index is 11.6. The molecule has 2 heterocycles. The van der Waals surface area contributed by atoms with Gasteiger partial charge >= 0.3 is 0 Å². The van der Waals surface area contributed by atoms with Crippen molar-refractivity contribution in [2.24, 2.45) is 0 Å². The quantitative estimate of drug-likeness (QED) is 0.919. The topological polar surface area (TPSA) is 75.2 Å². The summed E-state index contributed by atoms with van der Waals surface area (Å²) in [6.45, 7) is 5.40. The number of fused-ring (bicyclic) bond motifs is 1. The van der Waals surface area contributed by atoms with Crippen molar-refractivity contribution in [3.05, 3.63) is 30.0 Å². The molecule has 0 unspecified atom stereocenters. The van der Waals surface area contributed by atoms with Crippen LogP contribution in [0.1, 0.15) is 38.2 Å². The molecule has 0 saturated carbocycles. The number of benzene rings is 1. The number of sulfonamides is 1. The fourth-order valence-corrected chi connectivity index (χ4v) is 4.00. The Balaban J connectivity index is 1.76. The molecule has 1 aliphatic rings. The number of anilines is 1. The Morgan fingerprint density at radius 1 is 1.25 bits per heavy atom. The summed E-state index contributed by atoms with van der Waals surface area (Å²) in [6.07, 6.45) is 4.64. The Kier molecular flexibility index (Phi) is 4.73. The zero-order valence-electron chi connectivity index (χ0n) is 14.4. The molecular formula is C17H24N4O2S. The summed E-state index contributed by atoms with van der Waals surface area (Å²) in [7, 11) is -3.09. The Morgan fingerprint density at radius 2 is 1.96 bits per heavy atom. The highest BCUT2D eigenvalue weighted by molar-refractivity contribution is 7.88. The highest BCUT2D eigenvalue weighted by Gasteiger charge is 2.25. The summed E-state index contributed by atoms with van der Waals surface area (Å²) < 4.78 is 24.7. The van der Waals surface area contributed by atoms with E-state index in [9.17, 15) is 8.42 Å². The summed E-state index contributed by atoms with van der Waals surface area (Å²) >= 11 is 0. The lowest BCUT2D eigenvalue weighted by atomic mass is 10.0. The molecule has 0 spiro atoms. The van der Waals surface area contributed by atoms with Crippen LogP contribution in [0.15, 0.2) is 24.4 Å². The van der Waals surface area contributed by atoms with Gasteiger partial charge in [-0.1, -0.05) is 32.0 Å². The number of hydrogen-bond donors (Lipinski definition) is 1. The number of nitrogens with zero attached hydrogens (tertiary/aromatic N) is 3. The lowest BCUT2D eigenvalue weighted by Crippen LogP contribution is -2.42. The van der Waals surface area contributed by atoms with E-state index in [1.165, 1.54) is 16.1 Å². The van der Waals surface area contributed by atoms with Crippen LogP contribution in [0.25, 0.3) is 10.9 Å². The van der Waals surface area contributed by atoms with Gasteiger partial charge in [-0.15, -0.1) is 0 Å². The summed E-state index contributed by atoms with van der Waals surface area (Å²) in [5.74, 6) is 1.02. The lowest BCUT2D eigenvalue weighted by molar-refractivity contribution is 0.331. The van der Waals surface area contributed by atoms with E-state index in [1.807, 2.05) is 18.3 Å². The molecule has 0 bridgehead atoms. The van der Waals surface area contributed by atoms with Crippen LogP contribution in [0.2, 0.25) is 0 Å². The molecule has 1 fully saturated rings. The molecule has 0 radical (unpaired) electrons. The minimum absolute atomic E-state index is 0.201. The van der Waals surface area contributed by atoms with Crippen molar-refractivity contribution in [2.75, 3.05) is 24.7 Å². The highest BCUT2D eigenvalue weighted by atomic mass is 32.2. The maximum Gasteiger partial charge on any atom is 0.223 e. The molecule has 24 heavy (non-hydrogen) atoms. The molecular weight excluding hydrogens is 324 g/mol. The summed E-state index contributed by atoms with van der Waals surface area (Å²) in [4.78, 5) is 9.12. The van der Waals surface area contributed by atoms with Crippen molar-refractivity contribution >= 4 is 26.9 Å². The van der Waals surface area contributed by atoms with Gasteiger partial charge in [-0.05, 0) is 24.3 Å². The van der Waals surface area contributed by atoms with Crippen LogP contribution in [0.3, 0.4) is 0 Å². The van der Waals surface area contributed by atoms with Gasteiger partial charge in [0.1, 0.15) is 0 Å². The van der Waals surface area contributed by atoms with E-state index in [-0.39, 0.29) is 6.04 Å². The normalized spacial score (nSPS) is 17.5. The number of piperidine rings is 1. The predicted molar refractivity (Wildman–Crippen MR) is 96.7 cm³/mol. The minimum atomic E-state index is -3.09. The first-order chi connectivity index (χ1) is 11.3. The first-order valence-corrected chi connectivity index (χ1v) is 10.2. The zero-order chi connectivity index (χ0) is 17.3. The fraction of sp³-hybridized carbons (Fsp3) is 0.529. The van der Waals surface area contributed by atoms with E-state index in [1.54, 1.807) is 0 Å². The summed E-state index contributed by atoms with van der Waals surface area (Å²) in [6, 6.07) is 6.37. The minimum Gasteiger partial charge on any atom is -0.351 e. The molecule has 2 aromatic rings. The van der Waals surface area contributed by atoms with Crippen LogP contribution in [0.5, 0.6) is 0 Å². The van der Waals surface area contributed by atoms with Crippen LogP contribution in [-0.4, -0.2) is 48.1 Å². The van der Waals surface area contributed by atoms with Gasteiger partial charge < -0.3 is 5.32 Å². The number of nitrogens with one attached hydrogen (secondary N) is 1. The average Bonchev–Trinajstić information content (AvgIpc) is 2.53. The van der Waals surface area contributed by atoms with Crippen molar-refractivity contribution in [1.29, 1.82) is 0 Å². The van der Waals surface area contributed by atoms with Crippen molar-refractivity contribution in [1.82, 2.24) is 14.3 Å². The highest BCUT2D eigenvalue weighted by Crippen LogP contribution is 2.24. The third-order valence-electron chi connectivity index (χ3n) is 4.52. The Morgan fingerprint density at radius 3 is 2.58 bits per heavy atom. The summed E-state index contributed by atoms with van der Waals surface area (Å²) in [5.41, 5.74) is 2.20. The maximum absolute atomic E-state index is 11.6. The zero-order valence-corrected chi connectivity index (χ0v) is 15.2. The van der Waals surface area contributed by atoms with Gasteiger partial charge in [-0.25, -0.2) is 22.7 Å². The van der Waals surface area contributed by atoms with Gasteiger partial charge in [-0.3, -0.25) is 0 Å². The molecule has 0 amide bonds. The first kappa shape index (κ1) is 17.1. The number of para-hydroxylation sites is 1. The van der Waals surface area contributed by atoms with Crippen LogP contribution in [-0.2, 0) is 10.0 Å². The number of hydrogen-bond acceptors (Lipinski definition) is 5. The van der Waals surface area contributed by atoms with Gasteiger partial charge in [0.25, 0.3) is 0 Å². The predicted octanol–water partition coefficient (Wildman–Crippen LogP) is 2.59. The molecule has 6 nitrogen and oxygen atoms in total. The van der Waals surface area contributed by atoms with E-state index in [0.717, 1.165) is 23.7 Å². The van der Waals surface area contributed by atoms with Crippen molar-refractivity contribution in [3.63, 3.8) is 0 Å². The standard InChI is InChI=1S/C17H24N4O2S/c1-12(2)15-6-4-5-13-11-18-17(20-16(13)15)19-14-7-9-21(10-8-14)24(3,22)23/h4-6,11-12,14H,7-10H2,1-3H3,(H,18,19,20). The largest absolute Gasteiger partial charge is 0.351 e. The molecule has 0 atom stereocenters. The van der Waals surface area contributed by atoms with Gasteiger partial charge in [0.2, 0.25) is 16.0 Å². The van der Waals surface area contributed by atoms with Gasteiger partial charge in [-0.2, -0.15) is 0 Å². The monoisotopic (exact) mass is 348 g/mol. The SMILES string of the molecule is CC(C)c1cccc2cnc(NC3CCN(S(C)(=O)=O)CC3)nc12. The van der Waals surface area contributed by atoms with E-state index >= 15 is 0 Å². The molecule has 1 saturated heterocycles. The fourth-order valence-electron chi connectivity index (χ4n) is 3.13. The molecule has 1 aliphatic heterocycles. The summed E-state index contributed by atoms with van der Waals surface area (Å²) in [5, 5.41) is 4.41. The van der Waals surface area contributed by atoms with Crippen LogP contribution < -0.4 is 5.32 Å². The van der Waals surface area contributed by atoms with Gasteiger partial charge in [0.15, 0.2) is 0 Å². The molecule has 1 N–H and O–H groups in total. The second-order valence-electron chi connectivity index (χ2n) is 6.71. The molecule has 1 aromatic heterocycles. The average molecular weight is 348 g/mol. The van der Waals surface area contributed by atoms with E-state index in [0.29, 0.717) is 25.0 Å². The van der Waals surface area contributed by atoms with E-state index in [4.69, 9.17) is 4.98 Å². The number of rotatable bonds is 4. The molecule has 7 heteroatoms. The smallest absolute Gasteiger partial charge is 0.223 e. The van der Waals surface area contributed by atoms with Gasteiger partial charge in [0.05, 0.1) is 11.8 Å². The lowest BCUT2D eigenvalue weighted by Gasteiger charge is -2.30. The third-order valence-corrected chi connectivity index (χ3v) is 5.82. The molecule has 0 aliphatic carbocycles. The first-order valence-electron chi connectivity index (χ1n) is 8.32. The van der Waals surface area contributed by atoms with Crippen molar-refractivity contribution in [2.45, 2.75) is 38.6 Å². The van der Waals surface area contributed by atoms with Crippen LogP contribution in [0, 0.1) is 0 Å². The van der Waals surface area contributed by atoms with E-state index in [2.05, 4.69) is 30.2 Å². The van der Waals surface area contributed by atoms with Crippen LogP contribution in [0.4, 0.5) is 5.95 Å². The molecule has 3 rings (SSSR count). The van der Waals surface area contributed by atoms with Crippen LogP contribution >= 0.6 is 0 Å². The third kappa shape index (κ3) is 3.67. The van der Waals surface area contributed by atoms with Crippen molar-refractivity contribution in [3.8, 4) is 0 Å². The Bertz CT molecular complexity index is 828. The Labute approximate surface area is 143 Å². The van der Waals surface area contributed by atoms with Crippen molar-refractivity contribution < 1.29 is 8.42 Å². The molecule has 130 valence electrons. The molecule has 1 aromatic carbocycles. The second-order valence-corrected chi connectivity index (χ2v) is 8.70. The Hall–Kier alpha value is -1.73. The van der Waals surface area contributed by atoms with E-state index < -0.39 is 10.0 Å².